The predicted molar refractivity (Wildman–Crippen MR) is 78.4 cm³/mol. The lowest BCUT2D eigenvalue weighted by molar-refractivity contribution is -0.383. The highest BCUT2D eigenvalue weighted by atomic mass is 16.6. The summed E-state index contributed by atoms with van der Waals surface area (Å²) >= 11 is 0. The van der Waals surface area contributed by atoms with E-state index in [-0.39, 0.29) is 17.3 Å². The number of hydrogen-bond donors (Lipinski definition) is 2. The Morgan fingerprint density at radius 1 is 1.40 bits per heavy atom. The quantitative estimate of drug-likeness (QED) is 0.564. The van der Waals surface area contributed by atoms with Gasteiger partial charge in [-0.15, -0.1) is 0 Å². The first-order valence-electron chi connectivity index (χ1n) is 6.81. The van der Waals surface area contributed by atoms with Crippen molar-refractivity contribution in [3.8, 4) is 0 Å². The SMILES string of the molecule is CCC(CCN)CCC(=O)Nc1ccccc1[N+](=O)[O-]. The number of rotatable bonds is 8. The molecule has 0 heterocycles. The maximum Gasteiger partial charge on any atom is 0.292 e. The lowest BCUT2D eigenvalue weighted by atomic mass is 9.96. The number of benzene rings is 1. The number of nitro groups is 1. The van der Waals surface area contributed by atoms with Crippen LogP contribution in [0.2, 0.25) is 0 Å². The van der Waals surface area contributed by atoms with E-state index in [1.54, 1.807) is 12.1 Å². The largest absolute Gasteiger partial charge is 0.330 e. The molecular weight excluding hydrogens is 258 g/mol. The molecule has 0 aliphatic rings. The van der Waals surface area contributed by atoms with Gasteiger partial charge in [0.15, 0.2) is 0 Å². The Balaban J connectivity index is 2.56. The predicted octanol–water partition coefficient (Wildman–Crippen LogP) is 2.69. The average molecular weight is 279 g/mol. The lowest BCUT2D eigenvalue weighted by Gasteiger charge is -2.13. The summed E-state index contributed by atoms with van der Waals surface area (Å²) in [6.07, 6.45) is 2.98. The van der Waals surface area contributed by atoms with Crippen molar-refractivity contribution in [2.45, 2.75) is 32.6 Å². The van der Waals surface area contributed by atoms with Crippen molar-refractivity contribution in [1.29, 1.82) is 0 Å². The van der Waals surface area contributed by atoms with E-state index in [9.17, 15) is 14.9 Å². The van der Waals surface area contributed by atoms with Crippen LogP contribution in [0.15, 0.2) is 24.3 Å². The molecule has 1 amide bonds. The summed E-state index contributed by atoms with van der Waals surface area (Å²) < 4.78 is 0. The van der Waals surface area contributed by atoms with Gasteiger partial charge in [-0.1, -0.05) is 25.5 Å². The zero-order chi connectivity index (χ0) is 15.0. The molecule has 110 valence electrons. The second-order valence-corrected chi connectivity index (χ2v) is 4.71. The number of nitrogens with one attached hydrogen (secondary N) is 1. The van der Waals surface area contributed by atoms with Gasteiger partial charge in [-0.3, -0.25) is 14.9 Å². The van der Waals surface area contributed by atoms with E-state index >= 15 is 0 Å². The maximum atomic E-state index is 11.8. The van der Waals surface area contributed by atoms with Crippen LogP contribution in [0.5, 0.6) is 0 Å². The Bertz CT molecular complexity index is 463. The highest BCUT2D eigenvalue weighted by molar-refractivity contribution is 5.92. The Hall–Kier alpha value is -1.95. The van der Waals surface area contributed by atoms with Gasteiger partial charge in [-0.05, 0) is 31.4 Å². The van der Waals surface area contributed by atoms with Crippen LogP contribution in [0.1, 0.15) is 32.6 Å². The van der Waals surface area contributed by atoms with Gasteiger partial charge in [0, 0.05) is 12.5 Å². The molecule has 6 heteroatoms. The molecule has 0 saturated carbocycles. The van der Waals surface area contributed by atoms with Crippen molar-refractivity contribution in [2.24, 2.45) is 11.7 Å². The third kappa shape index (κ3) is 4.97. The number of amides is 1. The number of nitrogens with two attached hydrogens (primary N) is 1. The Labute approximate surface area is 118 Å². The molecule has 0 aliphatic carbocycles. The Kier molecular flexibility index (Phi) is 6.66. The van der Waals surface area contributed by atoms with Gasteiger partial charge in [0.1, 0.15) is 5.69 Å². The minimum atomic E-state index is -0.501. The van der Waals surface area contributed by atoms with Gasteiger partial charge in [-0.25, -0.2) is 0 Å². The molecule has 0 spiro atoms. The normalized spacial score (nSPS) is 11.9. The van der Waals surface area contributed by atoms with E-state index < -0.39 is 4.92 Å². The van der Waals surface area contributed by atoms with Gasteiger partial charge in [-0.2, -0.15) is 0 Å². The molecule has 0 saturated heterocycles. The third-order valence-electron chi connectivity index (χ3n) is 3.31. The molecule has 3 N–H and O–H groups in total. The molecule has 1 rings (SSSR count). The molecule has 0 radical (unpaired) electrons. The fraction of sp³-hybridized carbons (Fsp3) is 0.500. The molecule has 1 unspecified atom stereocenters. The van der Waals surface area contributed by atoms with Crippen LogP contribution in [-0.2, 0) is 4.79 Å². The number of nitrogens with zero attached hydrogens (tertiary/aromatic N) is 1. The third-order valence-corrected chi connectivity index (χ3v) is 3.31. The fourth-order valence-corrected chi connectivity index (χ4v) is 2.07. The summed E-state index contributed by atoms with van der Waals surface area (Å²) in [6, 6.07) is 6.14. The minimum absolute atomic E-state index is 0.0881. The van der Waals surface area contributed by atoms with Gasteiger partial charge in [0.25, 0.3) is 5.69 Å². The maximum absolute atomic E-state index is 11.8. The van der Waals surface area contributed by atoms with Crippen LogP contribution in [0, 0.1) is 16.0 Å². The van der Waals surface area contributed by atoms with E-state index in [0.29, 0.717) is 18.9 Å². The number of para-hydroxylation sites is 2. The van der Waals surface area contributed by atoms with E-state index in [2.05, 4.69) is 12.2 Å². The molecule has 6 nitrogen and oxygen atoms in total. The van der Waals surface area contributed by atoms with E-state index in [1.165, 1.54) is 12.1 Å². The average Bonchev–Trinajstić information content (AvgIpc) is 2.43. The molecule has 0 aliphatic heterocycles. The van der Waals surface area contributed by atoms with Crippen molar-refractivity contribution < 1.29 is 9.72 Å². The van der Waals surface area contributed by atoms with Crippen molar-refractivity contribution >= 4 is 17.3 Å². The number of carbonyl (C=O) groups excluding carboxylic acids is 1. The molecule has 0 aromatic heterocycles. The molecule has 1 atom stereocenters. The van der Waals surface area contributed by atoms with E-state index in [0.717, 1.165) is 19.3 Å². The van der Waals surface area contributed by atoms with Crippen LogP contribution in [-0.4, -0.2) is 17.4 Å². The van der Waals surface area contributed by atoms with Crippen LogP contribution in [0.25, 0.3) is 0 Å². The van der Waals surface area contributed by atoms with Crippen molar-refractivity contribution in [1.82, 2.24) is 0 Å². The van der Waals surface area contributed by atoms with E-state index in [4.69, 9.17) is 5.73 Å². The highest BCUT2D eigenvalue weighted by Gasteiger charge is 2.15. The van der Waals surface area contributed by atoms with Crippen molar-refractivity contribution in [3.63, 3.8) is 0 Å². The minimum Gasteiger partial charge on any atom is -0.330 e. The van der Waals surface area contributed by atoms with Crippen molar-refractivity contribution in [2.75, 3.05) is 11.9 Å². The summed E-state index contributed by atoms with van der Waals surface area (Å²) in [7, 11) is 0. The zero-order valence-corrected chi connectivity index (χ0v) is 11.7. The van der Waals surface area contributed by atoms with Gasteiger partial charge in [0.05, 0.1) is 4.92 Å². The molecule has 0 bridgehead atoms. The number of hydrogen-bond acceptors (Lipinski definition) is 4. The standard InChI is InChI=1S/C14H21N3O3/c1-2-11(9-10-15)7-8-14(18)16-12-5-3-4-6-13(12)17(19)20/h3-6,11H,2,7-10,15H2,1H3,(H,16,18). The van der Waals surface area contributed by atoms with Gasteiger partial charge >= 0.3 is 0 Å². The lowest BCUT2D eigenvalue weighted by Crippen LogP contribution is -2.15. The summed E-state index contributed by atoms with van der Waals surface area (Å²) in [5, 5.41) is 13.4. The van der Waals surface area contributed by atoms with E-state index in [1.807, 2.05) is 0 Å². The zero-order valence-electron chi connectivity index (χ0n) is 11.7. The Morgan fingerprint density at radius 2 is 2.10 bits per heavy atom. The monoisotopic (exact) mass is 279 g/mol. The van der Waals surface area contributed by atoms with Crippen LogP contribution in [0.3, 0.4) is 0 Å². The molecule has 0 fully saturated rings. The first kappa shape index (κ1) is 16.1. The fourth-order valence-electron chi connectivity index (χ4n) is 2.07. The second-order valence-electron chi connectivity index (χ2n) is 4.71. The molecule has 20 heavy (non-hydrogen) atoms. The van der Waals surface area contributed by atoms with Gasteiger partial charge < -0.3 is 11.1 Å². The summed E-state index contributed by atoms with van der Waals surface area (Å²) in [5.41, 5.74) is 5.67. The van der Waals surface area contributed by atoms with Gasteiger partial charge in [0.2, 0.25) is 5.91 Å². The van der Waals surface area contributed by atoms with Crippen LogP contribution in [0.4, 0.5) is 11.4 Å². The molecule has 1 aromatic carbocycles. The molecule has 1 aromatic rings. The second kappa shape index (κ2) is 8.27. The molecular formula is C14H21N3O3. The van der Waals surface area contributed by atoms with Crippen LogP contribution < -0.4 is 11.1 Å². The Morgan fingerprint density at radius 3 is 2.70 bits per heavy atom. The van der Waals surface area contributed by atoms with Crippen LogP contribution >= 0.6 is 0 Å². The number of anilines is 1. The summed E-state index contributed by atoms with van der Waals surface area (Å²) in [4.78, 5) is 22.2. The summed E-state index contributed by atoms with van der Waals surface area (Å²) in [5.74, 6) is 0.228. The number of nitro benzene ring substituents is 1. The first-order chi connectivity index (χ1) is 9.58. The smallest absolute Gasteiger partial charge is 0.292 e. The number of carbonyl (C=O) groups is 1. The van der Waals surface area contributed by atoms with Crippen molar-refractivity contribution in [3.05, 3.63) is 34.4 Å². The summed E-state index contributed by atoms with van der Waals surface area (Å²) in [6.45, 7) is 2.69. The topological polar surface area (TPSA) is 98.3 Å². The highest BCUT2D eigenvalue weighted by Crippen LogP contribution is 2.23. The first-order valence-corrected chi connectivity index (χ1v) is 6.81.